The molecule has 1 aromatic rings. The van der Waals surface area contributed by atoms with Gasteiger partial charge in [0.1, 0.15) is 12.2 Å². The summed E-state index contributed by atoms with van der Waals surface area (Å²) in [7, 11) is 0. The third kappa shape index (κ3) is 3.31. The Morgan fingerprint density at radius 1 is 1.21 bits per heavy atom. The average molecular weight is 334 g/mol. The molecule has 7 heteroatoms. The number of likely N-dealkylation sites (tertiary alicyclic amines) is 2. The fourth-order valence-electron chi connectivity index (χ4n) is 3.48. The Morgan fingerprint density at radius 3 is 2.58 bits per heavy atom. The van der Waals surface area contributed by atoms with Gasteiger partial charge in [-0.1, -0.05) is 30.3 Å². The first kappa shape index (κ1) is 16.6. The number of amides is 2. The lowest BCUT2D eigenvalue weighted by Crippen LogP contribution is -2.72. The van der Waals surface area contributed by atoms with Gasteiger partial charge in [-0.25, -0.2) is 9.59 Å². The van der Waals surface area contributed by atoms with Crippen molar-refractivity contribution in [1.82, 2.24) is 9.80 Å². The summed E-state index contributed by atoms with van der Waals surface area (Å²) in [6, 6.07) is 8.91. The lowest BCUT2D eigenvalue weighted by Gasteiger charge is -2.53. The molecule has 2 N–H and O–H groups in total. The van der Waals surface area contributed by atoms with Crippen molar-refractivity contribution in [3.63, 3.8) is 0 Å². The number of β-amino-alcohol motifs (C(OH)–C–C–N with tert-alkyl or cyclic N) is 1. The van der Waals surface area contributed by atoms with Crippen LogP contribution in [0.25, 0.3) is 0 Å². The molecule has 0 aromatic heterocycles. The van der Waals surface area contributed by atoms with Crippen LogP contribution >= 0.6 is 0 Å². The zero-order valence-corrected chi connectivity index (χ0v) is 13.4. The number of piperidine rings is 1. The van der Waals surface area contributed by atoms with Gasteiger partial charge in [0.15, 0.2) is 0 Å². The van der Waals surface area contributed by atoms with Gasteiger partial charge >= 0.3 is 12.2 Å². The second-order valence-corrected chi connectivity index (χ2v) is 6.49. The summed E-state index contributed by atoms with van der Waals surface area (Å²) in [5.74, 6) is 0. The van der Waals surface area contributed by atoms with E-state index in [1.165, 1.54) is 9.80 Å². The van der Waals surface area contributed by atoms with Crippen LogP contribution in [-0.4, -0.2) is 63.5 Å². The number of hydrogen-bond donors (Lipinski definition) is 2. The lowest BCUT2D eigenvalue weighted by atomic mass is 9.81. The molecular weight excluding hydrogens is 312 g/mol. The third-order valence-corrected chi connectivity index (χ3v) is 4.76. The number of rotatable bonds is 3. The first-order valence-electron chi connectivity index (χ1n) is 8.17. The summed E-state index contributed by atoms with van der Waals surface area (Å²) in [4.78, 5) is 26.1. The smallest absolute Gasteiger partial charge is 0.410 e. The van der Waals surface area contributed by atoms with Crippen molar-refractivity contribution in [3.8, 4) is 0 Å². The molecule has 3 rings (SSSR count). The molecule has 7 nitrogen and oxygen atoms in total. The molecule has 1 unspecified atom stereocenters. The normalized spacial score (nSPS) is 22.6. The van der Waals surface area contributed by atoms with Crippen LogP contribution in [0.2, 0.25) is 0 Å². The Labute approximate surface area is 140 Å². The average Bonchev–Trinajstić information content (AvgIpc) is 2.57. The van der Waals surface area contributed by atoms with E-state index in [2.05, 4.69) is 0 Å². The molecule has 2 aliphatic rings. The number of nitrogens with zero attached hydrogens (tertiary/aromatic N) is 2. The van der Waals surface area contributed by atoms with Crippen molar-refractivity contribution in [2.24, 2.45) is 0 Å². The van der Waals surface area contributed by atoms with E-state index in [1.54, 1.807) is 0 Å². The highest BCUT2D eigenvalue weighted by Gasteiger charge is 2.53. The van der Waals surface area contributed by atoms with Crippen molar-refractivity contribution >= 4 is 12.2 Å². The van der Waals surface area contributed by atoms with Gasteiger partial charge in [0, 0.05) is 6.54 Å². The second kappa shape index (κ2) is 6.68. The molecule has 2 aliphatic heterocycles. The summed E-state index contributed by atoms with van der Waals surface area (Å²) in [6.45, 7) is 0.824. The Morgan fingerprint density at radius 2 is 1.92 bits per heavy atom. The quantitative estimate of drug-likeness (QED) is 0.881. The van der Waals surface area contributed by atoms with E-state index in [0.717, 1.165) is 18.4 Å². The van der Waals surface area contributed by atoms with Gasteiger partial charge in [-0.05, 0) is 24.8 Å². The predicted molar refractivity (Wildman–Crippen MR) is 85.5 cm³/mol. The zero-order chi connectivity index (χ0) is 17.2. The van der Waals surface area contributed by atoms with Gasteiger partial charge in [-0.2, -0.15) is 0 Å². The zero-order valence-electron chi connectivity index (χ0n) is 13.4. The Balaban J connectivity index is 1.53. The SMILES string of the molecule is O=C(OCc1ccccc1)N1CC(O)(C2CCCCN2C(=O)O)C1. The van der Waals surface area contributed by atoms with E-state index in [1.807, 2.05) is 30.3 Å². The molecule has 24 heavy (non-hydrogen) atoms. The van der Waals surface area contributed by atoms with Crippen LogP contribution in [0.4, 0.5) is 9.59 Å². The predicted octanol–water partition coefficient (Wildman–Crippen LogP) is 1.90. The van der Waals surface area contributed by atoms with Crippen LogP contribution < -0.4 is 0 Å². The maximum atomic E-state index is 12.0. The largest absolute Gasteiger partial charge is 0.465 e. The summed E-state index contributed by atoms with van der Waals surface area (Å²) in [5, 5.41) is 20.0. The van der Waals surface area contributed by atoms with Crippen LogP contribution in [0.5, 0.6) is 0 Å². The highest BCUT2D eigenvalue weighted by atomic mass is 16.6. The number of hydrogen-bond acceptors (Lipinski definition) is 4. The van der Waals surface area contributed by atoms with Crippen LogP contribution in [-0.2, 0) is 11.3 Å². The fourth-order valence-corrected chi connectivity index (χ4v) is 3.48. The molecule has 2 fully saturated rings. The molecule has 1 atom stereocenters. The minimum Gasteiger partial charge on any atom is -0.465 e. The van der Waals surface area contributed by atoms with Gasteiger partial charge in [-0.3, -0.25) is 0 Å². The molecule has 0 saturated carbocycles. The number of benzene rings is 1. The van der Waals surface area contributed by atoms with Crippen molar-refractivity contribution < 1.29 is 24.5 Å². The van der Waals surface area contributed by atoms with Crippen molar-refractivity contribution in [3.05, 3.63) is 35.9 Å². The van der Waals surface area contributed by atoms with Crippen molar-refractivity contribution in [2.45, 2.75) is 37.5 Å². The second-order valence-electron chi connectivity index (χ2n) is 6.49. The highest BCUT2D eigenvalue weighted by molar-refractivity contribution is 5.70. The molecule has 2 amide bonds. The standard InChI is InChI=1S/C17H22N2O5/c20-15(21)19-9-5-4-8-14(19)17(23)11-18(12-17)16(22)24-10-13-6-2-1-3-7-13/h1-3,6-7,14,23H,4-5,8-12H2,(H,20,21). The summed E-state index contributed by atoms with van der Waals surface area (Å²) >= 11 is 0. The summed E-state index contributed by atoms with van der Waals surface area (Å²) in [6.07, 6.45) is 0.812. The first-order valence-corrected chi connectivity index (χ1v) is 8.17. The van der Waals surface area contributed by atoms with Gasteiger partial charge < -0.3 is 24.7 Å². The van der Waals surface area contributed by atoms with E-state index in [0.29, 0.717) is 13.0 Å². The van der Waals surface area contributed by atoms with Gasteiger partial charge in [0.05, 0.1) is 19.1 Å². The van der Waals surface area contributed by atoms with Crippen LogP contribution in [0.15, 0.2) is 30.3 Å². The fraction of sp³-hybridized carbons (Fsp3) is 0.529. The number of ether oxygens (including phenoxy) is 1. The van der Waals surface area contributed by atoms with E-state index < -0.39 is 23.8 Å². The van der Waals surface area contributed by atoms with Gasteiger partial charge in [-0.15, -0.1) is 0 Å². The third-order valence-electron chi connectivity index (χ3n) is 4.76. The Kier molecular flexibility index (Phi) is 4.62. The molecule has 1 aromatic carbocycles. The number of aliphatic hydroxyl groups is 1. The minimum atomic E-state index is -1.18. The number of carbonyl (C=O) groups excluding carboxylic acids is 1. The van der Waals surface area contributed by atoms with E-state index >= 15 is 0 Å². The maximum absolute atomic E-state index is 12.0. The Hall–Kier alpha value is -2.28. The topological polar surface area (TPSA) is 90.3 Å². The van der Waals surface area contributed by atoms with Gasteiger partial charge in [0.2, 0.25) is 0 Å². The van der Waals surface area contributed by atoms with Gasteiger partial charge in [0.25, 0.3) is 0 Å². The van der Waals surface area contributed by atoms with E-state index in [-0.39, 0.29) is 19.7 Å². The van der Waals surface area contributed by atoms with E-state index in [4.69, 9.17) is 4.74 Å². The highest BCUT2D eigenvalue weighted by Crippen LogP contribution is 2.33. The summed E-state index contributed by atoms with van der Waals surface area (Å²) < 4.78 is 5.23. The molecule has 2 heterocycles. The van der Waals surface area contributed by atoms with E-state index in [9.17, 15) is 19.8 Å². The maximum Gasteiger partial charge on any atom is 0.410 e. The molecule has 2 saturated heterocycles. The molecule has 0 radical (unpaired) electrons. The monoisotopic (exact) mass is 334 g/mol. The minimum absolute atomic E-state index is 0.106. The first-order chi connectivity index (χ1) is 11.5. The van der Waals surface area contributed by atoms with Crippen LogP contribution in [0.3, 0.4) is 0 Å². The lowest BCUT2D eigenvalue weighted by molar-refractivity contribution is -0.139. The summed E-state index contributed by atoms with van der Waals surface area (Å²) in [5.41, 5.74) is -0.282. The van der Waals surface area contributed by atoms with Crippen LogP contribution in [0.1, 0.15) is 24.8 Å². The Bertz CT molecular complexity index is 600. The number of carboxylic acid groups (broad SMARTS) is 1. The molecular formula is C17H22N2O5. The van der Waals surface area contributed by atoms with Crippen molar-refractivity contribution in [2.75, 3.05) is 19.6 Å². The molecule has 0 spiro atoms. The number of carbonyl (C=O) groups is 2. The molecule has 0 aliphatic carbocycles. The van der Waals surface area contributed by atoms with Crippen molar-refractivity contribution in [1.29, 1.82) is 0 Å². The molecule has 0 bridgehead atoms. The van der Waals surface area contributed by atoms with Crippen LogP contribution in [0, 0.1) is 0 Å². The molecule has 130 valence electrons.